The molecule has 213 valence electrons. The predicted octanol–water partition coefficient (Wildman–Crippen LogP) is 4.70. The summed E-state index contributed by atoms with van der Waals surface area (Å²) in [4.78, 5) is 9.18. The summed E-state index contributed by atoms with van der Waals surface area (Å²) in [5.74, 6) is 0. The minimum atomic E-state index is -0.650. The van der Waals surface area contributed by atoms with Crippen LogP contribution in [0.25, 0.3) is 0 Å². The Morgan fingerprint density at radius 3 is 1.69 bits per heavy atom. The van der Waals surface area contributed by atoms with Gasteiger partial charge in [0.2, 0.25) is 6.33 Å². The number of nitrogens with zero attached hydrogens (tertiary/aromatic N) is 6. The summed E-state index contributed by atoms with van der Waals surface area (Å²) in [5, 5.41) is 0. The molecular formula is C35H29IrN6-5. The van der Waals surface area contributed by atoms with E-state index in [1.165, 1.54) is 0 Å². The average Bonchev–Trinajstić information content (AvgIpc) is 3.80. The number of hydrogen-bond donors (Lipinski definition) is 0. The van der Waals surface area contributed by atoms with E-state index >= 15 is 0 Å². The molecule has 0 amide bonds. The van der Waals surface area contributed by atoms with E-state index in [0.717, 1.165) is 33.4 Å². The van der Waals surface area contributed by atoms with Crippen molar-refractivity contribution in [2.24, 2.45) is 0 Å². The normalized spacial score (nSPS) is 31.0. The van der Waals surface area contributed by atoms with Crippen LogP contribution in [0.4, 0.5) is 0 Å². The third-order valence-electron chi connectivity index (χ3n) is 10.3. The van der Waals surface area contributed by atoms with Crippen LogP contribution >= 0.6 is 0 Å². The van der Waals surface area contributed by atoms with Crippen LogP contribution in [0.5, 0.6) is 0 Å². The molecule has 6 nitrogen and oxygen atoms in total. The number of benzene rings is 3. The molecule has 0 aliphatic carbocycles. The Morgan fingerprint density at radius 2 is 1.05 bits per heavy atom. The Morgan fingerprint density at radius 1 is 0.595 bits per heavy atom. The van der Waals surface area contributed by atoms with Gasteiger partial charge >= 0.3 is 0 Å². The molecule has 0 spiro atoms. The predicted molar refractivity (Wildman–Crippen MR) is 152 cm³/mol. The second kappa shape index (κ2) is 8.18. The van der Waals surface area contributed by atoms with Crippen molar-refractivity contribution in [3.8, 4) is 0 Å². The molecule has 7 heterocycles. The van der Waals surface area contributed by atoms with Gasteiger partial charge in [0.05, 0.1) is 11.2 Å². The van der Waals surface area contributed by atoms with Crippen LogP contribution in [0.15, 0.2) is 91.8 Å². The van der Waals surface area contributed by atoms with Crippen LogP contribution < -0.4 is 4.57 Å². The minimum absolute atomic E-state index is 0. The molecule has 42 heavy (non-hydrogen) atoms. The van der Waals surface area contributed by atoms with Gasteiger partial charge in [-0.15, -0.1) is 34.5 Å². The van der Waals surface area contributed by atoms with Crippen LogP contribution in [0.1, 0.15) is 61.1 Å². The molecule has 0 fully saturated rings. The van der Waals surface area contributed by atoms with Gasteiger partial charge in [-0.25, -0.2) is 0 Å². The van der Waals surface area contributed by atoms with Gasteiger partial charge < -0.3 is 28.7 Å². The van der Waals surface area contributed by atoms with Crippen LogP contribution in [0, 0.1) is 37.9 Å². The Kier molecular flexibility index (Phi) is 5.04. The fourth-order valence-electron chi connectivity index (χ4n) is 7.28. The minimum Gasteiger partial charge on any atom is -0.500 e. The van der Waals surface area contributed by atoms with Crippen LogP contribution in [0.3, 0.4) is 0 Å². The van der Waals surface area contributed by atoms with Gasteiger partial charge in [-0.2, -0.15) is 79.5 Å². The number of hydrogen-bond acceptors (Lipinski definition) is 4. The van der Waals surface area contributed by atoms with Crippen molar-refractivity contribution in [3.05, 3.63) is 163 Å². The van der Waals surface area contributed by atoms with E-state index in [-0.39, 0.29) is 20.1 Å². The smallest absolute Gasteiger partial charge is 0.206 e. The third kappa shape index (κ3) is 2.86. The molecular weight excluding hydrogens is 697 g/mol. The largest absolute Gasteiger partial charge is 0.500 e. The Hall–Kier alpha value is -3.80. The summed E-state index contributed by atoms with van der Waals surface area (Å²) < 4.78 is 4.38. The quantitative estimate of drug-likeness (QED) is 0.194. The Balaban J connectivity index is 0.00000267. The molecule has 4 atom stereocenters. The van der Waals surface area contributed by atoms with E-state index in [9.17, 15) is 0 Å². The van der Waals surface area contributed by atoms with Crippen molar-refractivity contribution in [1.82, 2.24) is 24.2 Å². The van der Waals surface area contributed by atoms with Gasteiger partial charge in [0.25, 0.3) is 0 Å². The molecule has 6 aliphatic rings. The van der Waals surface area contributed by atoms with Crippen molar-refractivity contribution in [3.63, 3.8) is 0 Å². The van der Waals surface area contributed by atoms with Gasteiger partial charge in [0, 0.05) is 25.6 Å². The van der Waals surface area contributed by atoms with E-state index in [2.05, 4.69) is 186 Å². The van der Waals surface area contributed by atoms with Gasteiger partial charge in [-0.05, 0) is 64.9 Å². The zero-order chi connectivity index (χ0) is 27.8. The van der Waals surface area contributed by atoms with E-state index < -0.39 is 22.4 Å². The molecule has 16 bridgehead atoms. The van der Waals surface area contributed by atoms with Gasteiger partial charge in [0.1, 0.15) is 5.66 Å². The first-order valence-electron chi connectivity index (χ1n) is 14.1. The van der Waals surface area contributed by atoms with Crippen molar-refractivity contribution < 1.29 is 24.7 Å². The van der Waals surface area contributed by atoms with E-state index in [0.29, 0.717) is 0 Å². The van der Waals surface area contributed by atoms with Crippen LogP contribution in [-0.4, -0.2) is 24.2 Å². The maximum atomic E-state index is 3.92. The average molecular weight is 726 g/mol. The molecule has 0 saturated heterocycles. The second-order valence-electron chi connectivity index (χ2n) is 12.2. The third-order valence-corrected chi connectivity index (χ3v) is 10.3. The number of imidazole rings is 1. The molecule has 4 unspecified atom stereocenters. The van der Waals surface area contributed by atoms with Crippen molar-refractivity contribution in [2.75, 3.05) is 0 Å². The van der Waals surface area contributed by atoms with E-state index in [1.807, 2.05) is 0 Å². The SMILES string of the molecule is CC12c3[c-]c(ccc3)C3(C)N4C=CN([CH-]4)C(C)(c4[c-]c(ccc4)C(C)(c4[c-]c1ccc4)[n+]1[c-]n3cc1)N1C=CN2[CH-]1.[Ir]. The zero-order valence-electron chi connectivity index (χ0n) is 23.8. The summed E-state index contributed by atoms with van der Waals surface area (Å²) >= 11 is 0. The van der Waals surface area contributed by atoms with Crippen LogP contribution in [-0.2, 0) is 42.5 Å². The Labute approximate surface area is 261 Å². The number of aromatic nitrogens is 2. The fraction of sp³-hybridized carbons (Fsp3) is 0.229. The molecule has 1 aromatic heterocycles. The zero-order valence-corrected chi connectivity index (χ0v) is 26.2. The molecule has 0 saturated carbocycles. The van der Waals surface area contributed by atoms with Crippen LogP contribution in [0.2, 0.25) is 0 Å². The monoisotopic (exact) mass is 726 g/mol. The maximum Gasteiger partial charge on any atom is 0.206 e. The maximum absolute atomic E-state index is 3.92. The molecule has 6 aliphatic heterocycles. The summed E-state index contributed by atoms with van der Waals surface area (Å²) in [5.41, 5.74) is 3.90. The molecule has 4 aromatic rings. The standard InChI is InChI=1S/C35H29N6.Ir/c1-32-26-8-5-9-27(20-26)33(2)29-11-7-13-31(22-29)35(4,38-16-14-36(32)23-38)41-19-18-40(25-41)34(3,39-17-15-37(33)24-39)30-12-6-10-28(32)21-30;/h5-19,23,25H,1-4H3;/q-5;. The summed E-state index contributed by atoms with van der Waals surface area (Å²) in [6.45, 7) is 13.5. The van der Waals surface area contributed by atoms with E-state index in [1.54, 1.807) is 0 Å². The van der Waals surface area contributed by atoms with Gasteiger partial charge in [0.15, 0.2) is 0 Å². The number of rotatable bonds is 0. The molecule has 3 aromatic carbocycles. The molecule has 0 N–H and O–H groups in total. The van der Waals surface area contributed by atoms with Crippen molar-refractivity contribution >= 4 is 0 Å². The van der Waals surface area contributed by atoms with Gasteiger partial charge in [-0.3, -0.25) is 0 Å². The first kappa shape index (κ1) is 25.9. The fourth-order valence-corrected chi connectivity index (χ4v) is 7.28. The second-order valence-corrected chi connectivity index (χ2v) is 12.2. The van der Waals surface area contributed by atoms with E-state index in [4.69, 9.17) is 0 Å². The Bertz CT molecular complexity index is 1830. The molecule has 10 rings (SSSR count). The van der Waals surface area contributed by atoms with Gasteiger partial charge in [-0.1, -0.05) is 5.56 Å². The summed E-state index contributed by atoms with van der Waals surface area (Å²) in [7, 11) is 0. The van der Waals surface area contributed by atoms with Crippen molar-refractivity contribution in [1.29, 1.82) is 0 Å². The topological polar surface area (TPSA) is 21.8 Å². The molecule has 1 radical (unpaired) electrons. The van der Waals surface area contributed by atoms with Crippen molar-refractivity contribution in [2.45, 2.75) is 50.1 Å². The first-order valence-corrected chi connectivity index (χ1v) is 14.1. The summed E-state index contributed by atoms with van der Waals surface area (Å²) in [6.07, 6.45) is 16.7. The summed E-state index contributed by atoms with van der Waals surface area (Å²) in [6, 6.07) is 31.3. The molecule has 7 heteroatoms. The first-order chi connectivity index (χ1) is 19.8.